The Balaban J connectivity index is 1.55. The molecule has 0 unspecified atom stereocenters. The lowest BCUT2D eigenvalue weighted by atomic mass is 9.78. The van der Waals surface area contributed by atoms with Crippen molar-refractivity contribution < 1.29 is 14.3 Å². The first-order chi connectivity index (χ1) is 17.5. The van der Waals surface area contributed by atoms with Crippen LogP contribution in [0.25, 0.3) is 10.9 Å². The van der Waals surface area contributed by atoms with E-state index in [9.17, 15) is 9.59 Å². The molecule has 2 aliphatic rings. The number of ether oxygens (including phenoxy) is 1. The minimum absolute atomic E-state index is 0.0611. The molecule has 2 aliphatic heterocycles. The number of nitrogens with zero attached hydrogens (tertiary/aromatic N) is 2. The van der Waals surface area contributed by atoms with Crippen molar-refractivity contribution in [2.45, 2.75) is 38.6 Å². The zero-order valence-electron chi connectivity index (χ0n) is 20.7. The lowest BCUT2D eigenvalue weighted by Crippen LogP contribution is -2.50. The van der Waals surface area contributed by atoms with E-state index in [0.29, 0.717) is 24.6 Å². The van der Waals surface area contributed by atoms with E-state index in [0.717, 1.165) is 34.1 Å². The second kappa shape index (κ2) is 8.26. The molecular formula is C30H29N3O3. The van der Waals surface area contributed by atoms with E-state index in [1.807, 2.05) is 44.2 Å². The Hall–Kier alpha value is -4.06. The topological polar surface area (TPSA) is 65.6 Å². The van der Waals surface area contributed by atoms with Gasteiger partial charge in [0.05, 0.1) is 18.0 Å². The molecule has 1 N–H and O–H groups in total. The van der Waals surface area contributed by atoms with Gasteiger partial charge in [0.15, 0.2) is 5.54 Å². The highest BCUT2D eigenvalue weighted by atomic mass is 16.5. The van der Waals surface area contributed by atoms with Crippen molar-refractivity contribution in [1.29, 1.82) is 0 Å². The third kappa shape index (κ3) is 3.03. The highest BCUT2D eigenvalue weighted by Crippen LogP contribution is 2.51. The maximum atomic E-state index is 14.2. The molecule has 3 heterocycles. The Kier molecular flexibility index (Phi) is 5.14. The molecule has 0 aliphatic carbocycles. The summed E-state index contributed by atoms with van der Waals surface area (Å²) in [5.41, 5.74) is 4.58. The number of rotatable bonds is 5. The van der Waals surface area contributed by atoms with Gasteiger partial charge in [-0.3, -0.25) is 4.79 Å². The lowest BCUT2D eigenvalue weighted by molar-refractivity contribution is -0.125. The molecule has 6 nitrogen and oxygen atoms in total. The van der Waals surface area contributed by atoms with Crippen LogP contribution < -0.4 is 9.64 Å². The molecule has 4 aromatic rings. The summed E-state index contributed by atoms with van der Waals surface area (Å²) in [6, 6.07) is 23.7. The molecule has 3 aromatic carbocycles. The Morgan fingerprint density at radius 1 is 0.972 bits per heavy atom. The summed E-state index contributed by atoms with van der Waals surface area (Å²) in [7, 11) is 0. The third-order valence-corrected chi connectivity index (χ3v) is 7.72. The highest BCUT2D eigenvalue weighted by molar-refractivity contribution is 6.24. The van der Waals surface area contributed by atoms with Gasteiger partial charge >= 0.3 is 6.03 Å². The smallest absolute Gasteiger partial charge is 0.332 e. The van der Waals surface area contributed by atoms with E-state index in [1.54, 1.807) is 17.0 Å². The van der Waals surface area contributed by atoms with Crippen LogP contribution in [0.15, 0.2) is 72.8 Å². The second-order valence-corrected chi connectivity index (χ2v) is 9.61. The average Bonchev–Trinajstić information content (AvgIpc) is 3.39. The summed E-state index contributed by atoms with van der Waals surface area (Å²) < 4.78 is 5.79. The molecule has 182 valence electrons. The minimum atomic E-state index is -1.15. The summed E-state index contributed by atoms with van der Waals surface area (Å²) in [5, 5.41) is 1.09. The molecule has 1 saturated heterocycles. The number of imide groups is 1. The minimum Gasteiger partial charge on any atom is -0.492 e. The molecule has 1 aromatic heterocycles. The number of aromatic nitrogens is 1. The normalized spacial score (nSPS) is 21.1. The van der Waals surface area contributed by atoms with Crippen LogP contribution in [0.1, 0.15) is 49.1 Å². The van der Waals surface area contributed by atoms with Gasteiger partial charge in [0.2, 0.25) is 0 Å². The highest BCUT2D eigenvalue weighted by Gasteiger charge is 2.61. The molecule has 6 heteroatoms. The van der Waals surface area contributed by atoms with Gasteiger partial charge in [0.1, 0.15) is 5.75 Å². The van der Waals surface area contributed by atoms with Crippen LogP contribution in [0.2, 0.25) is 0 Å². The van der Waals surface area contributed by atoms with E-state index in [2.05, 4.69) is 42.2 Å². The number of urea groups is 1. The molecule has 6 rings (SSSR count). The van der Waals surface area contributed by atoms with E-state index in [1.165, 1.54) is 10.5 Å². The predicted molar refractivity (Wildman–Crippen MR) is 141 cm³/mol. The Morgan fingerprint density at radius 2 is 1.69 bits per heavy atom. The summed E-state index contributed by atoms with van der Waals surface area (Å²) in [6.45, 7) is 6.74. The van der Waals surface area contributed by atoms with Crippen LogP contribution in [0.3, 0.4) is 0 Å². The number of aryl methyl sites for hydroxylation is 1. The first kappa shape index (κ1) is 22.4. The van der Waals surface area contributed by atoms with Crippen LogP contribution in [0.5, 0.6) is 5.75 Å². The quantitative estimate of drug-likeness (QED) is 0.359. The molecular weight excluding hydrogens is 450 g/mol. The number of nitrogens with one attached hydrogen (secondary N) is 1. The van der Waals surface area contributed by atoms with Crippen LogP contribution in [-0.2, 0) is 16.8 Å². The van der Waals surface area contributed by atoms with Gasteiger partial charge in [0.25, 0.3) is 5.91 Å². The molecule has 36 heavy (non-hydrogen) atoms. The van der Waals surface area contributed by atoms with Crippen LogP contribution in [0.4, 0.5) is 10.5 Å². The first-order valence-corrected chi connectivity index (χ1v) is 12.6. The fourth-order valence-corrected chi connectivity index (χ4v) is 5.81. The van der Waals surface area contributed by atoms with Crippen LogP contribution in [-0.4, -0.2) is 35.0 Å². The second-order valence-electron chi connectivity index (χ2n) is 9.61. The average molecular weight is 480 g/mol. The zero-order chi connectivity index (χ0) is 25.0. The number of carbonyl (C=O) groups is 2. The van der Waals surface area contributed by atoms with Gasteiger partial charge in [-0.05, 0) is 55.2 Å². The fourth-order valence-electron chi connectivity index (χ4n) is 5.81. The van der Waals surface area contributed by atoms with Gasteiger partial charge in [-0.1, -0.05) is 61.5 Å². The predicted octanol–water partition coefficient (Wildman–Crippen LogP) is 5.96. The van der Waals surface area contributed by atoms with E-state index in [-0.39, 0.29) is 17.9 Å². The summed E-state index contributed by atoms with van der Waals surface area (Å²) in [6.07, 6.45) is 0.967. The van der Waals surface area contributed by atoms with Crippen molar-refractivity contribution in [3.63, 3.8) is 0 Å². The maximum absolute atomic E-state index is 14.2. The number of aromatic amines is 1. The number of benzene rings is 3. The number of amides is 3. The van der Waals surface area contributed by atoms with Crippen LogP contribution >= 0.6 is 0 Å². The maximum Gasteiger partial charge on any atom is 0.332 e. The zero-order valence-corrected chi connectivity index (χ0v) is 20.7. The Bertz CT molecular complexity index is 1490. The van der Waals surface area contributed by atoms with Crippen molar-refractivity contribution >= 4 is 28.5 Å². The Morgan fingerprint density at radius 3 is 2.44 bits per heavy atom. The van der Waals surface area contributed by atoms with E-state index < -0.39 is 5.54 Å². The molecule has 0 radical (unpaired) electrons. The van der Waals surface area contributed by atoms with Crippen molar-refractivity contribution in [2.24, 2.45) is 0 Å². The lowest BCUT2D eigenvalue weighted by Gasteiger charge is -2.40. The third-order valence-electron chi connectivity index (χ3n) is 7.72. The van der Waals surface area contributed by atoms with Crippen LogP contribution in [0, 0.1) is 0 Å². The largest absolute Gasteiger partial charge is 0.492 e. The number of hydrogen-bond donors (Lipinski definition) is 1. The van der Waals surface area contributed by atoms with Gasteiger partial charge in [-0.15, -0.1) is 0 Å². The molecule has 0 spiro atoms. The van der Waals surface area contributed by atoms with E-state index >= 15 is 0 Å². The van der Waals surface area contributed by atoms with Crippen molar-refractivity contribution in [1.82, 2.24) is 9.88 Å². The SMILES string of the molecule is CCOc1ccccc1N1C(=O)N2C[C@H](c3ccc(CC)cc3)c3c([nH]c4ccccc34)[C@@]2(C)C1=O. The molecule has 2 atom stereocenters. The Labute approximate surface area is 210 Å². The van der Waals surface area contributed by atoms with Gasteiger partial charge in [-0.25, -0.2) is 9.69 Å². The molecule has 3 amide bonds. The molecule has 0 bridgehead atoms. The molecule has 1 fully saturated rings. The van der Waals surface area contributed by atoms with Crippen molar-refractivity contribution in [3.8, 4) is 5.75 Å². The summed E-state index contributed by atoms with van der Waals surface area (Å²) in [5.74, 6) is 0.190. The van der Waals surface area contributed by atoms with Crippen molar-refractivity contribution in [3.05, 3.63) is 95.2 Å². The van der Waals surface area contributed by atoms with Crippen molar-refractivity contribution in [2.75, 3.05) is 18.1 Å². The standard InChI is InChI=1S/C30H29N3O3/c1-4-19-14-16-20(17-15-19)22-18-32-29(35)33(24-12-8-9-13-25(24)36-5-2)28(34)30(32,3)27-26(22)21-10-6-7-11-23(21)31-27/h6-17,22,31H,4-5,18H2,1-3H3/t22-,30+/m1/s1. The monoisotopic (exact) mass is 479 g/mol. The van der Waals surface area contributed by atoms with Gasteiger partial charge in [-0.2, -0.15) is 0 Å². The first-order valence-electron chi connectivity index (χ1n) is 12.6. The number of fused-ring (bicyclic) bond motifs is 5. The summed E-state index contributed by atoms with van der Waals surface area (Å²) >= 11 is 0. The van der Waals surface area contributed by atoms with E-state index in [4.69, 9.17) is 4.74 Å². The molecule has 0 saturated carbocycles. The number of hydrogen-bond acceptors (Lipinski definition) is 3. The number of carbonyl (C=O) groups excluding carboxylic acids is 2. The van der Waals surface area contributed by atoms with Gasteiger partial charge in [0, 0.05) is 23.4 Å². The fraction of sp³-hybridized carbons (Fsp3) is 0.267. The number of H-pyrrole nitrogens is 1. The number of anilines is 1. The summed E-state index contributed by atoms with van der Waals surface area (Å²) in [4.78, 5) is 34.7. The van der Waals surface area contributed by atoms with Gasteiger partial charge < -0.3 is 14.6 Å². The number of para-hydroxylation sites is 3.